The van der Waals surface area contributed by atoms with Gasteiger partial charge in [-0.15, -0.1) is 0 Å². The van der Waals surface area contributed by atoms with Crippen molar-refractivity contribution in [3.8, 4) is 5.75 Å². The zero-order valence-electron chi connectivity index (χ0n) is 16.5. The van der Waals surface area contributed by atoms with Crippen molar-refractivity contribution in [1.82, 2.24) is 0 Å². The predicted molar refractivity (Wildman–Crippen MR) is 104 cm³/mol. The van der Waals surface area contributed by atoms with Crippen molar-refractivity contribution in [2.24, 2.45) is 10.9 Å². The van der Waals surface area contributed by atoms with Gasteiger partial charge in [-0.1, -0.05) is 18.2 Å². The maximum atomic E-state index is 13.0. The Kier molecular flexibility index (Phi) is 5.78. The summed E-state index contributed by atoms with van der Waals surface area (Å²) in [5.41, 5.74) is 3.02. The Morgan fingerprint density at radius 2 is 2.00 bits per heavy atom. The summed E-state index contributed by atoms with van der Waals surface area (Å²) in [7, 11) is 0. The van der Waals surface area contributed by atoms with Crippen molar-refractivity contribution in [1.29, 1.82) is 0 Å². The van der Waals surface area contributed by atoms with Crippen molar-refractivity contribution in [2.75, 3.05) is 6.61 Å². The lowest BCUT2D eigenvalue weighted by Gasteiger charge is -2.35. The monoisotopic (exact) mass is 369 g/mol. The third-order valence-corrected chi connectivity index (χ3v) is 4.99. The Morgan fingerprint density at radius 1 is 1.26 bits per heavy atom. The molecule has 3 rings (SSSR count). The maximum Gasteiger partial charge on any atom is 0.315 e. The summed E-state index contributed by atoms with van der Waals surface area (Å²) >= 11 is 0. The SMILES string of the molecule is CCOc1ccccc1[C@@H]1C2=C(CCCC2=O)N=C(C)[C@@H]1C(=O)OC(C)C. The highest BCUT2D eigenvalue weighted by Gasteiger charge is 2.44. The molecule has 5 nitrogen and oxygen atoms in total. The first-order valence-electron chi connectivity index (χ1n) is 9.67. The molecule has 27 heavy (non-hydrogen) atoms. The van der Waals surface area contributed by atoms with Crippen LogP contribution >= 0.6 is 0 Å². The topological polar surface area (TPSA) is 65.0 Å². The van der Waals surface area contributed by atoms with Crippen molar-refractivity contribution >= 4 is 17.5 Å². The molecule has 1 aromatic carbocycles. The number of rotatable bonds is 5. The van der Waals surface area contributed by atoms with Gasteiger partial charge in [0, 0.05) is 34.9 Å². The number of allylic oxidation sites excluding steroid dienone is 2. The minimum absolute atomic E-state index is 0.0751. The van der Waals surface area contributed by atoms with Crippen LogP contribution in [0.25, 0.3) is 0 Å². The van der Waals surface area contributed by atoms with Gasteiger partial charge in [0.25, 0.3) is 0 Å². The van der Waals surface area contributed by atoms with Gasteiger partial charge in [-0.05, 0) is 46.6 Å². The van der Waals surface area contributed by atoms with Crippen LogP contribution < -0.4 is 4.74 Å². The molecule has 1 aliphatic carbocycles. The van der Waals surface area contributed by atoms with Crippen LogP contribution in [0.2, 0.25) is 0 Å². The number of esters is 1. The lowest BCUT2D eigenvalue weighted by molar-refractivity contribution is -0.150. The number of ether oxygens (including phenoxy) is 2. The van der Waals surface area contributed by atoms with E-state index in [9.17, 15) is 9.59 Å². The number of aliphatic imine (C=N–C) groups is 1. The first-order valence-corrected chi connectivity index (χ1v) is 9.67. The maximum absolute atomic E-state index is 13.0. The second-order valence-electron chi connectivity index (χ2n) is 7.30. The van der Waals surface area contributed by atoms with Crippen molar-refractivity contribution in [2.45, 2.75) is 59.0 Å². The molecule has 0 N–H and O–H groups in total. The van der Waals surface area contributed by atoms with Crippen LogP contribution in [0, 0.1) is 5.92 Å². The Balaban J connectivity index is 2.16. The Labute approximate surface area is 160 Å². The molecular weight excluding hydrogens is 342 g/mol. The number of Topliss-reactive ketones (excluding diaryl/α,β-unsaturated/α-hetero) is 1. The normalized spacial score (nSPS) is 22.4. The summed E-state index contributed by atoms with van der Waals surface area (Å²) in [5, 5.41) is 0. The Hall–Kier alpha value is -2.43. The minimum atomic E-state index is -0.616. The molecule has 5 heteroatoms. The van der Waals surface area contributed by atoms with E-state index in [1.165, 1.54) is 0 Å². The minimum Gasteiger partial charge on any atom is -0.494 e. The first kappa shape index (κ1) is 19.3. The van der Waals surface area contributed by atoms with Gasteiger partial charge in [0.1, 0.15) is 11.7 Å². The number of hydrogen-bond donors (Lipinski definition) is 0. The molecule has 0 spiro atoms. The van der Waals surface area contributed by atoms with E-state index >= 15 is 0 Å². The molecule has 2 aliphatic rings. The molecule has 1 aromatic rings. The van der Waals surface area contributed by atoms with Crippen molar-refractivity contribution < 1.29 is 19.1 Å². The number of carbonyl (C=O) groups excluding carboxylic acids is 2. The summed E-state index contributed by atoms with van der Waals surface area (Å²) in [5.74, 6) is -0.597. The molecule has 2 atom stereocenters. The molecule has 0 saturated carbocycles. The molecule has 0 fully saturated rings. The fraction of sp³-hybridized carbons (Fsp3) is 0.500. The van der Waals surface area contributed by atoms with Gasteiger partial charge in [-0.25, -0.2) is 0 Å². The fourth-order valence-corrected chi connectivity index (χ4v) is 3.98. The van der Waals surface area contributed by atoms with Crippen LogP contribution in [0.1, 0.15) is 58.4 Å². The molecule has 0 bridgehead atoms. The number of carbonyl (C=O) groups is 2. The van der Waals surface area contributed by atoms with E-state index in [1.54, 1.807) is 0 Å². The van der Waals surface area contributed by atoms with Crippen LogP contribution in [-0.2, 0) is 14.3 Å². The van der Waals surface area contributed by atoms with E-state index in [1.807, 2.05) is 52.0 Å². The summed E-state index contributed by atoms with van der Waals surface area (Å²) < 4.78 is 11.4. The zero-order valence-corrected chi connectivity index (χ0v) is 16.5. The van der Waals surface area contributed by atoms with Gasteiger partial charge >= 0.3 is 5.97 Å². The lowest BCUT2D eigenvalue weighted by Crippen LogP contribution is -2.38. The molecule has 144 valence electrons. The Morgan fingerprint density at radius 3 is 2.70 bits per heavy atom. The van der Waals surface area contributed by atoms with E-state index in [-0.39, 0.29) is 17.9 Å². The summed E-state index contributed by atoms with van der Waals surface area (Å²) in [6, 6.07) is 7.64. The number of hydrogen-bond acceptors (Lipinski definition) is 5. The summed E-state index contributed by atoms with van der Waals surface area (Å²) in [4.78, 5) is 30.5. The number of benzene rings is 1. The first-order chi connectivity index (χ1) is 12.9. The predicted octanol–water partition coefficient (Wildman–Crippen LogP) is 4.22. The van der Waals surface area contributed by atoms with E-state index in [0.717, 1.165) is 24.1 Å². The number of ketones is 1. The van der Waals surface area contributed by atoms with Gasteiger partial charge in [0.05, 0.1) is 12.7 Å². The van der Waals surface area contributed by atoms with E-state index in [2.05, 4.69) is 4.99 Å². The van der Waals surface area contributed by atoms with Crippen LogP contribution in [0.4, 0.5) is 0 Å². The highest BCUT2D eigenvalue weighted by atomic mass is 16.5. The molecule has 0 unspecified atom stereocenters. The second kappa shape index (κ2) is 8.07. The molecule has 0 amide bonds. The molecule has 0 radical (unpaired) electrons. The van der Waals surface area contributed by atoms with Gasteiger partial charge < -0.3 is 9.47 Å². The van der Waals surface area contributed by atoms with E-state index in [4.69, 9.17) is 9.47 Å². The summed E-state index contributed by atoms with van der Waals surface area (Å²) in [6.45, 7) is 7.94. The quantitative estimate of drug-likeness (QED) is 0.729. The standard InChI is InChI=1S/C22H27NO4/c1-5-26-18-12-7-6-9-15(18)20-19(22(25)27-13(2)3)14(4)23-16-10-8-11-17(24)21(16)20/h6-7,9,12-13,19-20H,5,8,10-11H2,1-4H3/t19-,20-/m0/s1. The highest BCUT2D eigenvalue weighted by molar-refractivity contribution is 6.09. The van der Waals surface area contributed by atoms with Crippen molar-refractivity contribution in [3.05, 3.63) is 41.1 Å². The van der Waals surface area contributed by atoms with E-state index < -0.39 is 11.8 Å². The highest BCUT2D eigenvalue weighted by Crippen LogP contribution is 2.46. The van der Waals surface area contributed by atoms with Crippen LogP contribution in [0.5, 0.6) is 5.75 Å². The van der Waals surface area contributed by atoms with E-state index in [0.29, 0.717) is 30.1 Å². The summed E-state index contributed by atoms with van der Waals surface area (Å²) in [6.07, 6.45) is 1.82. The average molecular weight is 369 g/mol. The third-order valence-electron chi connectivity index (χ3n) is 4.99. The second-order valence-corrected chi connectivity index (χ2v) is 7.30. The van der Waals surface area contributed by atoms with Gasteiger partial charge in [-0.2, -0.15) is 0 Å². The fourth-order valence-electron chi connectivity index (χ4n) is 3.98. The number of para-hydroxylation sites is 1. The van der Waals surface area contributed by atoms with Crippen LogP contribution in [0.15, 0.2) is 40.5 Å². The van der Waals surface area contributed by atoms with Crippen LogP contribution in [-0.4, -0.2) is 30.2 Å². The largest absolute Gasteiger partial charge is 0.494 e. The molecule has 1 aliphatic heterocycles. The molecular formula is C22H27NO4. The van der Waals surface area contributed by atoms with Gasteiger partial charge in [-0.3, -0.25) is 14.6 Å². The molecule has 0 saturated heterocycles. The average Bonchev–Trinajstić information content (AvgIpc) is 2.61. The Bertz CT molecular complexity index is 806. The number of nitrogens with zero attached hydrogens (tertiary/aromatic N) is 1. The lowest BCUT2D eigenvalue weighted by atomic mass is 9.71. The zero-order chi connectivity index (χ0) is 19.6. The molecule has 0 aromatic heterocycles. The van der Waals surface area contributed by atoms with Crippen LogP contribution in [0.3, 0.4) is 0 Å². The van der Waals surface area contributed by atoms with Crippen molar-refractivity contribution in [3.63, 3.8) is 0 Å². The smallest absolute Gasteiger partial charge is 0.315 e. The molecule has 1 heterocycles. The van der Waals surface area contributed by atoms with Gasteiger partial charge in [0.2, 0.25) is 0 Å². The third kappa shape index (κ3) is 3.82. The van der Waals surface area contributed by atoms with Gasteiger partial charge in [0.15, 0.2) is 5.78 Å².